The second kappa shape index (κ2) is 5.87. The van der Waals surface area contributed by atoms with Gasteiger partial charge >= 0.3 is 5.97 Å². The molecule has 1 heterocycles. The van der Waals surface area contributed by atoms with Gasteiger partial charge in [0.25, 0.3) is 0 Å². The van der Waals surface area contributed by atoms with Crippen molar-refractivity contribution in [2.75, 3.05) is 0 Å². The maximum atomic E-state index is 12.1. The highest BCUT2D eigenvalue weighted by molar-refractivity contribution is 5.92. The van der Waals surface area contributed by atoms with E-state index < -0.39 is 0 Å². The Morgan fingerprint density at radius 3 is 2.63 bits per heavy atom. The lowest BCUT2D eigenvalue weighted by atomic mass is 9.88. The van der Waals surface area contributed by atoms with Gasteiger partial charge in [-0.25, -0.2) is 4.79 Å². The Kier molecular flexibility index (Phi) is 4.20. The minimum Gasteiger partial charge on any atom is -0.449 e. The molecule has 0 saturated carbocycles. The van der Waals surface area contributed by atoms with E-state index in [1.807, 2.05) is 36.4 Å². The summed E-state index contributed by atoms with van der Waals surface area (Å²) < 4.78 is 5.59. The van der Waals surface area contributed by atoms with Crippen molar-refractivity contribution in [3.63, 3.8) is 0 Å². The topological polar surface area (TPSA) is 26.3 Å². The number of hydrogen-bond donors (Lipinski definition) is 0. The first-order chi connectivity index (χ1) is 9.19. The second-order valence-corrected chi connectivity index (χ2v) is 4.90. The molecule has 0 spiro atoms. The quantitative estimate of drug-likeness (QED) is 0.583. The molecule has 0 fully saturated rings. The van der Waals surface area contributed by atoms with Crippen LogP contribution in [0.1, 0.15) is 38.4 Å². The molecular formula is C17H20O2. The average molecular weight is 256 g/mol. The molecule has 0 aromatic heterocycles. The number of cyclic esters (lactones) is 1. The largest absolute Gasteiger partial charge is 0.449 e. The molecule has 0 bridgehead atoms. The predicted molar refractivity (Wildman–Crippen MR) is 76.6 cm³/mol. The minimum atomic E-state index is -0.247. The summed E-state index contributed by atoms with van der Waals surface area (Å²) in [5.41, 5.74) is 2.95. The summed E-state index contributed by atoms with van der Waals surface area (Å²) in [7, 11) is 0. The minimum absolute atomic E-state index is 0.151. The van der Waals surface area contributed by atoms with Crippen molar-refractivity contribution >= 4 is 5.97 Å². The first-order valence-electron chi connectivity index (χ1n) is 6.80. The van der Waals surface area contributed by atoms with Crippen LogP contribution in [-0.2, 0) is 9.53 Å². The lowest BCUT2D eigenvalue weighted by molar-refractivity contribution is -0.140. The number of benzene rings is 1. The van der Waals surface area contributed by atoms with Gasteiger partial charge in [-0.05, 0) is 23.5 Å². The zero-order valence-corrected chi connectivity index (χ0v) is 11.6. The smallest absolute Gasteiger partial charge is 0.335 e. The lowest BCUT2D eigenvalue weighted by Crippen LogP contribution is -2.07. The Bertz CT molecular complexity index is 499. The molecule has 0 amide bonds. The molecule has 2 heteroatoms. The van der Waals surface area contributed by atoms with E-state index in [0.29, 0.717) is 0 Å². The highest BCUT2D eigenvalue weighted by Crippen LogP contribution is 2.41. The molecule has 1 aromatic carbocycles. The summed E-state index contributed by atoms with van der Waals surface area (Å²) in [6.07, 6.45) is 3.35. The van der Waals surface area contributed by atoms with Gasteiger partial charge < -0.3 is 4.74 Å². The molecule has 2 rings (SSSR count). The number of esters is 1. The Labute approximate surface area is 114 Å². The van der Waals surface area contributed by atoms with Gasteiger partial charge in [-0.3, -0.25) is 0 Å². The van der Waals surface area contributed by atoms with Crippen LogP contribution in [0, 0.1) is 5.92 Å². The van der Waals surface area contributed by atoms with Gasteiger partial charge in [-0.2, -0.15) is 0 Å². The molecule has 2 nitrogen and oxygen atoms in total. The van der Waals surface area contributed by atoms with Crippen molar-refractivity contribution in [2.45, 2.75) is 32.8 Å². The van der Waals surface area contributed by atoms with Gasteiger partial charge in [0.1, 0.15) is 6.10 Å². The molecule has 0 radical (unpaired) electrons. The van der Waals surface area contributed by atoms with Crippen molar-refractivity contribution in [3.05, 3.63) is 59.7 Å². The van der Waals surface area contributed by atoms with Crippen LogP contribution in [-0.4, -0.2) is 5.97 Å². The van der Waals surface area contributed by atoms with Crippen LogP contribution in [0.5, 0.6) is 0 Å². The van der Waals surface area contributed by atoms with E-state index in [1.54, 1.807) is 0 Å². The third kappa shape index (κ3) is 2.62. The van der Waals surface area contributed by atoms with Gasteiger partial charge in [0.05, 0.1) is 0 Å². The monoisotopic (exact) mass is 256 g/mol. The standard InChI is InChI=1S/C17H20O2/c1-4-9-14-15(12(3)5-2)16(19-17(14)18)13-10-7-6-8-11-13/h5-8,10-12,16H,2,4,9H2,1,3H3. The fourth-order valence-corrected chi connectivity index (χ4v) is 2.53. The Balaban J connectivity index is 2.45. The summed E-state index contributed by atoms with van der Waals surface area (Å²) in [5.74, 6) is -0.0161. The highest BCUT2D eigenvalue weighted by Gasteiger charge is 2.35. The van der Waals surface area contributed by atoms with E-state index in [4.69, 9.17) is 4.74 Å². The van der Waals surface area contributed by atoms with Crippen LogP contribution in [0.3, 0.4) is 0 Å². The van der Waals surface area contributed by atoms with E-state index in [1.165, 1.54) is 0 Å². The number of carbonyl (C=O) groups excluding carboxylic acids is 1. The average Bonchev–Trinajstić information content (AvgIpc) is 2.77. The zero-order valence-electron chi connectivity index (χ0n) is 11.6. The maximum absolute atomic E-state index is 12.1. The lowest BCUT2D eigenvalue weighted by Gasteiger charge is -2.18. The molecule has 0 saturated heterocycles. The van der Waals surface area contributed by atoms with Crippen LogP contribution in [0.2, 0.25) is 0 Å². The first-order valence-corrected chi connectivity index (χ1v) is 6.80. The van der Waals surface area contributed by atoms with Gasteiger partial charge in [0.2, 0.25) is 0 Å². The van der Waals surface area contributed by atoms with Gasteiger partial charge in [-0.1, -0.05) is 56.7 Å². The number of carbonyl (C=O) groups is 1. The molecule has 0 N–H and O–H groups in total. The molecule has 0 aliphatic carbocycles. The van der Waals surface area contributed by atoms with Crippen LogP contribution < -0.4 is 0 Å². The predicted octanol–water partition coefficient (Wildman–Crippen LogP) is 4.20. The van der Waals surface area contributed by atoms with Crippen LogP contribution in [0.4, 0.5) is 0 Å². The maximum Gasteiger partial charge on any atom is 0.335 e. The number of ether oxygens (including phenoxy) is 1. The summed E-state index contributed by atoms with van der Waals surface area (Å²) in [5, 5.41) is 0. The van der Waals surface area contributed by atoms with Crippen molar-refractivity contribution in [3.8, 4) is 0 Å². The van der Waals surface area contributed by atoms with Crippen molar-refractivity contribution in [1.82, 2.24) is 0 Å². The Hall–Kier alpha value is -1.83. The molecule has 19 heavy (non-hydrogen) atoms. The fourth-order valence-electron chi connectivity index (χ4n) is 2.53. The first kappa shape index (κ1) is 13.6. The van der Waals surface area contributed by atoms with E-state index in [9.17, 15) is 4.79 Å². The Morgan fingerprint density at radius 2 is 2.05 bits per heavy atom. The highest BCUT2D eigenvalue weighted by atomic mass is 16.5. The molecule has 2 atom stereocenters. The zero-order chi connectivity index (χ0) is 13.8. The van der Waals surface area contributed by atoms with E-state index in [-0.39, 0.29) is 18.0 Å². The van der Waals surface area contributed by atoms with Gasteiger partial charge in [0.15, 0.2) is 0 Å². The van der Waals surface area contributed by atoms with Crippen molar-refractivity contribution in [2.24, 2.45) is 5.92 Å². The second-order valence-electron chi connectivity index (χ2n) is 4.90. The number of allylic oxidation sites excluding steroid dienone is 1. The molecule has 1 aliphatic rings. The van der Waals surface area contributed by atoms with Gasteiger partial charge in [-0.15, -0.1) is 6.58 Å². The molecule has 1 aliphatic heterocycles. The number of hydrogen-bond acceptors (Lipinski definition) is 2. The molecular weight excluding hydrogens is 236 g/mol. The number of rotatable bonds is 5. The normalized spacial score (nSPS) is 20.3. The third-order valence-electron chi connectivity index (χ3n) is 3.55. The van der Waals surface area contributed by atoms with Crippen molar-refractivity contribution in [1.29, 1.82) is 0 Å². The summed E-state index contributed by atoms with van der Waals surface area (Å²) >= 11 is 0. The Morgan fingerprint density at radius 1 is 1.37 bits per heavy atom. The molecule has 1 aromatic rings. The van der Waals surface area contributed by atoms with E-state index in [2.05, 4.69) is 20.4 Å². The molecule has 2 unspecified atom stereocenters. The van der Waals surface area contributed by atoms with Crippen LogP contribution in [0.15, 0.2) is 54.1 Å². The summed E-state index contributed by atoms with van der Waals surface area (Å²) in [6, 6.07) is 9.91. The molecule has 100 valence electrons. The summed E-state index contributed by atoms with van der Waals surface area (Å²) in [6.45, 7) is 7.99. The van der Waals surface area contributed by atoms with Crippen LogP contribution >= 0.6 is 0 Å². The van der Waals surface area contributed by atoms with E-state index in [0.717, 1.165) is 29.6 Å². The van der Waals surface area contributed by atoms with E-state index >= 15 is 0 Å². The SMILES string of the molecule is C=CC(C)C1=C(CCC)C(=O)OC1c1ccccc1. The van der Waals surface area contributed by atoms with Crippen molar-refractivity contribution < 1.29 is 9.53 Å². The third-order valence-corrected chi connectivity index (χ3v) is 3.55. The fraction of sp³-hybridized carbons (Fsp3) is 0.353. The summed E-state index contributed by atoms with van der Waals surface area (Å²) in [4.78, 5) is 12.1. The van der Waals surface area contributed by atoms with Gasteiger partial charge in [0, 0.05) is 5.57 Å². The van der Waals surface area contributed by atoms with Crippen LogP contribution in [0.25, 0.3) is 0 Å².